The van der Waals surface area contributed by atoms with Crippen LogP contribution in [0.5, 0.6) is 0 Å². The zero-order valence-corrected chi connectivity index (χ0v) is 18.3. The van der Waals surface area contributed by atoms with Gasteiger partial charge in [0.25, 0.3) is 0 Å². The smallest absolute Gasteiger partial charge is 0.412 e. The van der Waals surface area contributed by atoms with Crippen LogP contribution < -0.4 is 10.6 Å². The second-order valence-corrected chi connectivity index (χ2v) is 8.86. The molecule has 1 saturated carbocycles. The number of halogens is 1. The van der Waals surface area contributed by atoms with E-state index in [0.717, 1.165) is 16.7 Å². The molecule has 1 aliphatic carbocycles. The number of aromatic nitrogens is 3. The van der Waals surface area contributed by atoms with Crippen LogP contribution in [0, 0.1) is 12.8 Å². The summed E-state index contributed by atoms with van der Waals surface area (Å²) >= 11 is 0. The van der Waals surface area contributed by atoms with Crippen LogP contribution in [0.4, 0.5) is 20.7 Å². The van der Waals surface area contributed by atoms with Gasteiger partial charge in [-0.15, -0.1) is 10.2 Å². The maximum Gasteiger partial charge on any atom is 0.412 e. The van der Waals surface area contributed by atoms with Gasteiger partial charge in [-0.3, -0.25) is 15.1 Å². The molecule has 1 fully saturated rings. The Labute approximate surface area is 184 Å². The molecule has 0 saturated heterocycles. The molecule has 0 unspecified atom stereocenters. The van der Waals surface area contributed by atoms with E-state index >= 15 is 0 Å². The van der Waals surface area contributed by atoms with Gasteiger partial charge in [-0.25, -0.2) is 9.18 Å². The number of carbonyl (C=O) groups is 2. The fraction of sp³-hybridized carbons (Fsp3) is 0.348. The van der Waals surface area contributed by atoms with Crippen LogP contribution in [-0.2, 0) is 9.53 Å². The topological polar surface area (TPSA) is 106 Å². The van der Waals surface area contributed by atoms with Crippen molar-refractivity contribution < 1.29 is 18.7 Å². The van der Waals surface area contributed by atoms with Gasteiger partial charge in [0.15, 0.2) is 5.82 Å². The van der Waals surface area contributed by atoms with E-state index in [0.29, 0.717) is 16.6 Å². The normalized spacial score (nSPS) is 17.7. The van der Waals surface area contributed by atoms with E-state index in [2.05, 4.69) is 25.8 Å². The van der Waals surface area contributed by atoms with Crippen molar-refractivity contribution in [3.8, 4) is 11.1 Å². The Morgan fingerprint density at radius 3 is 2.56 bits per heavy atom. The highest BCUT2D eigenvalue weighted by atomic mass is 19.1. The number of anilines is 2. The highest BCUT2D eigenvalue weighted by Crippen LogP contribution is 2.35. The molecule has 8 nitrogen and oxygen atoms in total. The number of hydrogen-bond acceptors (Lipinski definition) is 6. The van der Waals surface area contributed by atoms with Gasteiger partial charge in [-0.1, -0.05) is 0 Å². The number of benzene rings is 1. The summed E-state index contributed by atoms with van der Waals surface area (Å²) in [5.74, 6) is -0.837. The highest BCUT2D eigenvalue weighted by molar-refractivity contribution is 6.02. The first-order valence-electron chi connectivity index (χ1n) is 10.3. The Balaban J connectivity index is 1.75. The molecular formula is C23H24FN5O3. The molecule has 0 bridgehead atoms. The Morgan fingerprint density at radius 2 is 1.91 bits per heavy atom. The Kier molecular flexibility index (Phi) is 5.50. The number of aryl methyl sites for hydroxylation is 1. The summed E-state index contributed by atoms with van der Waals surface area (Å²) in [6.45, 7) is 7.26. The van der Waals surface area contributed by atoms with Gasteiger partial charge in [-0.2, -0.15) is 0 Å². The van der Waals surface area contributed by atoms with Crippen molar-refractivity contribution >= 4 is 34.4 Å². The lowest BCUT2D eigenvalue weighted by Gasteiger charge is -2.20. The van der Waals surface area contributed by atoms with Crippen molar-refractivity contribution in [2.45, 2.75) is 45.9 Å². The number of carbonyl (C=O) groups excluding carboxylic acids is 2. The number of rotatable bonds is 4. The van der Waals surface area contributed by atoms with E-state index in [-0.39, 0.29) is 12.2 Å². The molecule has 4 rings (SSSR count). The molecule has 2 heterocycles. The third kappa shape index (κ3) is 4.82. The van der Waals surface area contributed by atoms with E-state index in [1.165, 1.54) is 0 Å². The molecule has 9 heteroatoms. The molecule has 1 aromatic carbocycles. The number of ether oxygens (including phenoxy) is 1. The summed E-state index contributed by atoms with van der Waals surface area (Å²) in [5.41, 5.74) is 2.88. The molecule has 2 N–H and O–H groups in total. The number of hydrogen-bond donors (Lipinski definition) is 2. The molecule has 2 amide bonds. The first-order valence-corrected chi connectivity index (χ1v) is 10.3. The van der Waals surface area contributed by atoms with Crippen molar-refractivity contribution in [1.82, 2.24) is 15.2 Å². The maximum absolute atomic E-state index is 13.2. The lowest BCUT2D eigenvalue weighted by molar-refractivity contribution is -0.117. The average molecular weight is 437 g/mol. The Hall–Kier alpha value is -3.62. The predicted octanol–water partition coefficient (Wildman–Crippen LogP) is 4.64. The summed E-state index contributed by atoms with van der Waals surface area (Å²) in [6, 6.07) is 7.20. The molecule has 1 aliphatic rings. The standard InChI is InChI=1S/C23H24FN5O3/c1-12-11-25-6-5-15(12)13-7-14-9-19(27-21(30)16-10-17(16)24)28-29-20(14)18(8-13)26-22(31)32-23(2,3)4/h5-9,11,16-17H,10H2,1-4H3,(H,26,31)(H,27,28,30)/t16-,17+/m1/s1. The van der Waals surface area contributed by atoms with Gasteiger partial charge >= 0.3 is 6.09 Å². The fourth-order valence-corrected chi connectivity index (χ4v) is 3.34. The molecule has 166 valence electrons. The largest absolute Gasteiger partial charge is 0.444 e. The first kappa shape index (κ1) is 21.6. The molecule has 0 aliphatic heterocycles. The predicted molar refractivity (Wildman–Crippen MR) is 119 cm³/mol. The van der Waals surface area contributed by atoms with Crippen LogP contribution in [0.25, 0.3) is 22.0 Å². The van der Waals surface area contributed by atoms with Crippen molar-refractivity contribution in [1.29, 1.82) is 0 Å². The summed E-state index contributed by atoms with van der Waals surface area (Å²) in [7, 11) is 0. The number of fused-ring (bicyclic) bond motifs is 1. The van der Waals surface area contributed by atoms with E-state index in [1.807, 2.05) is 19.1 Å². The third-order valence-electron chi connectivity index (χ3n) is 4.96. The maximum atomic E-state index is 13.2. The summed E-state index contributed by atoms with van der Waals surface area (Å²) in [4.78, 5) is 28.7. The van der Waals surface area contributed by atoms with Crippen molar-refractivity contribution in [3.63, 3.8) is 0 Å². The zero-order chi connectivity index (χ0) is 23.0. The lowest BCUT2D eigenvalue weighted by Crippen LogP contribution is -2.27. The van der Waals surface area contributed by atoms with Gasteiger partial charge in [0, 0.05) is 17.8 Å². The molecule has 0 spiro atoms. The monoisotopic (exact) mass is 437 g/mol. The van der Waals surface area contributed by atoms with Crippen molar-refractivity contribution in [2.24, 2.45) is 5.92 Å². The van der Waals surface area contributed by atoms with E-state index in [1.54, 1.807) is 45.3 Å². The lowest BCUT2D eigenvalue weighted by atomic mass is 10.00. The number of pyridine rings is 1. The highest BCUT2D eigenvalue weighted by Gasteiger charge is 2.43. The second-order valence-electron chi connectivity index (χ2n) is 8.86. The number of amides is 2. The molecule has 32 heavy (non-hydrogen) atoms. The Morgan fingerprint density at radius 1 is 1.16 bits per heavy atom. The Bertz CT molecular complexity index is 1210. The van der Waals surface area contributed by atoms with Gasteiger partial charge in [0.05, 0.1) is 11.6 Å². The number of alkyl halides is 1. The summed E-state index contributed by atoms with van der Waals surface area (Å²) < 4.78 is 18.6. The average Bonchev–Trinajstić information content (AvgIpc) is 3.43. The second kappa shape index (κ2) is 8.14. The summed E-state index contributed by atoms with van der Waals surface area (Å²) in [5, 5.41) is 14.2. The number of nitrogens with one attached hydrogen (secondary N) is 2. The third-order valence-corrected chi connectivity index (χ3v) is 4.96. The van der Waals surface area contributed by atoms with Crippen molar-refractivity contribution in [3.05, 3.63) is 42.2 Å². The minimum absolute atomic E-state index is 0.216. The first-order chi connectivity index (χ1) is 15.1. The number of nitrogens with zero attached hydrogens (tertiary/aromatic N) is 3. The molecular weight excluding hydrogens is 413 g/mol. The SMILES string of the molecule is Cc1cnccc1-c1cc(NC(=O)OC(C)(C)C)c2nnc(NC(=O)[C@@H]3C[C@@H]3F)cc2c1. The molecule has 3 aromatic rings. The van der Waals surface area contributed by atoms with Crippen LogP contribution in [0.15, 0.2) is 36.7 Å². The quantitative estimate of drug-likeness (QED) is 0.616. The summed E-state index contributed by atoms with van der Waals surface area (Å²) in [6.07, 6.45) is 1.94. The minimum atomic E-state index is -1.10. The van der Waals surface area contributed by atoms with Crippen LogP contribution in [0.3, 0.4) is 0 Å². The fourth-order valence-electron chi connectivity index (χ4n) is 3.34. The molecule has 2 atom stereocenters. The van der Waals surface area contributed by atoms with E-state index in [9.17, 15) is 14.0 Å². The van der Waals surface area contributed by atoms with E-state index < -0.39 is 29.7 Å². The van der Waals surface area contributed by atoms with Crippen molar-refractivity contribution in [2.75, 3.05) is 10.6 Å². The van der Waals surface area contributed by atoms with E-state index in [4.69, 9.17) is 4.74 Å². The van der Waals surface area contributed by atoms with Gasteiger partial charge < -0.3 is 10.1 Å². The van der Waals surface area contributed by atoms with Gasteiger partial charge in [0.2, 0.25) is 5.91 Å². The van der Waals surface area contributed by atoms with Crippen LogP contribution in [0.1, 0.15) is 32.8 Å². The van der Waals surface area contributed by atoms with Gasteiger partial charge in [0.1, 0.15) is 17.3 Å². The molecule has 2 aromatic heterocycles. The van der Waals surface area contributed by atoms with Gasteiger partial charge in [-0.05, 0) is 75.1 Å². The van der Waals surface area contributed by atoms with Crippen LogP contribution in [-0.4, -0.2) is 39.0 Å². The minimum Gasteiger partial charge on any atom is -0.444 e. The van der Waals surface area contributed by atoms with Crippen LogP contribution >= 0.6 is 0 Å². The molecule has 0 radical (unpaired) electrons. The zero-order valence-electron chi connectivity index (χ0n) is 18.3. The van der Waals surface area contributed by atoms with Crippen LogP contribution in [0.2, 0.25) is 0 Å².